The van der Waals surface area contributed by atoms with Crippen molar-refractivity contribution in [1.29, 1.82) is 0 Å². The fourth-order valence-electron chi connectivity index (χ4n) is 3.97. The van der Waals surface area contributed by atoms with Crippen LogP contribution < -0.4 is 19.1 Å². The monoisotopic (exact) mass is 619 g/mol. The first-order valence-electron chi connectivity index (χ1n) is 12.6. The van der Waals surface area contributed by atoms with Crippen LogP contribution in [0.15, 0.2) is 29.3 Å². The highest BCUT2D eigenvalue weighted by Gasteiger charge is 2.40. The summed E-state index contributed by atoms with van der Waals surface area (Å²) in [5.41, 5.74) is -0.391. The van der Waals surface area contributed by atoms with E-state index in [9.17, 15) is 35.2 Å². The minimum Gasteiger partial charge on any atom is -0.486 e. The average Bonchev–Trinajstić information content (AvgIpc) is 3.64. The van der Waals surface area contributed by atoms with Gasteiger partial charge in [-0.1, -0.05) is 20.8 Å². The Hall–Kier alpha value is -3.47. The van der Waals surface area contributed by atoms with E-state index in [1.807, 2.05) is 25.5 Å². The second-order valence-corrected chi connectivity index (χ2v) is 14.8. The molecule has 41 heavy (non-hydrogen) atoms. The number of ether oxygens (including phenoxy) is 2. The average molecular weight is 620 g/mol. The van der Waals surface area contributed by atoms with Crippen LogP contribution in [0.4, 0.5) is 25.0 Å². The molecule has 1 aromatic carbocycles. The van der Waals surface area contributed by atoms with Gasteiger partial charge in [0, 0.05) is 5.69 Å². The number of sulfonamides is 2. The summed E-state index contributed by atoms with van der Waals surface area (Å²) < 4.78 is 92.5. The third-order valence-corrected chi connectivity index (χ3v) is 9.79. The number of nitrogens with zero attached hydrogens (tertiary/aromatic N) is 3. The van der Waals surface area contributed by atoms with Gasteiger partial charge in [0.2, 0.25) is 15.9 Å². The molecule has 1 aliphatic heterocycles. The predicted molar refractivity (Wildman–Crippen MR) is 143 cm³/mol. The van der Waals surface area contributed by atoms with Crippen molar-refractivity contribution < 1.29 is 44.7 Å². The maximum absolute atomic E-state index is 13.8. The van der Waals surface area contributed by atoms with Crippen LogP contribution >= 0.6 is 0 Å². The first-order valence-corrected chi connectivity index (χ1v) is 15.6. The smallest absolute Gasteiger partial charge is 0.411 e. The first-order chi connectivity index (χ1) is 19.0. The largest absolute Gasteiger partial charge is 0.486 e. The molecular formula is C24H31F2N5O8S2. The van der Waals surface area contributed by atoms with Gasteiger partial charge in [-0.25, -0.2) is 26.3 Å². The number of fused-ring (bicyclic) bond motifs is 1. The van der Waals surface area contributed by atoms with Gasteiger partial charge >= 0.3 is 12.6 Å². The quantitative estimate of drug-likeness (QED) is 0.429. The van der Waals surface area contributed by atoms with Gasteiger partial charge in [0.15, 0.2) is 0 Å². The van der Waals surface area contributed by atoms with E-state index < -0.39 is 67.8 Å². The number of benzene rings is 1. The summed E-state index contributed by atoms with van der Waals surface area (Å²) in [5.74, 6) is -0.889. The van der Waals surface area contributed by atoms with Crippen LogP contribution in [-0.4, -0.2) is 63.1 Å². The first kappa shape index (κ1) is 30.5. The van der Waals surface area contributed by atoms with Gasteiger partial charge in [-0.2, -0.15) is 13.9 Å². The molecule has 1 atom stereocenters. The predicted octanol–water partition coefficient (Wildman–Crippen LogP) is 3.14. The van der Waals surface area contributed by atoms with E-state index in [0.29, 0.717) is 19.0 Å². The number of carbonyl (C=O) groups excluding carboxylic acids is 2. The molecule has 2 aliphatic rings. The second-order valence-electron chi connectivity index (χ2n) is 11.0. The summed E-state index contributed by atoms with van der Waals surface area (Å²) in [4.78, 5) is 24.3. The minimum atomic E-state index is -4.56. The van der Waals surface area contributed by atoms with E-state index >= 15 is 0 Å². The Morgan fingerprint density at radius 3 is 2.46 bits per heavy atom. The third-order valence-electron chi connectivity index (χ3n) is 6.05. The summed E-state index contributed by atoms with van der Waals surface area (Å²) in [6, 6.07) is 4.08. The van der Waals surface area contributed by atoms with Crippen LogP contribution in [0.1, 0.15) is 52.3 Å². The Bertz CT molecular complexity index is 1550. The van der Waals surface area contributed by atoms with Gasteiger partial charge in [-0.05, 0) is 43.4 Å². The second kappa shape index (κ2) is 11.1. The van der Waals surface area contributed by atoms with Gasteiger partial charge in [0.25, 0.3) is 10.0 Å². The van der Waals surface area contributed by atoms with Crippen molar-refractivity contribution in [3.63, 3.8) is 0 Å². The number of hydrogen-bond acceptors (Lipinski definition) is 9. The zero-order chi connectivity index (χ0) is 30.3. The lowest BCUT2D eigenvalue weighted by Crippen LogP contribution is -2.46. The van der Waals surface area contributed by atoms with Crippen LogP contribution in [0.5, 0.6) is 5.75 Å². The lowest BCUT2D eigenvalue weighted by atomic mass is 9.99. The number of halogens is 2. The number of hydrogen-bond donors (Lipinski definition) is 2. The highest BCUT2D eigenvalue weighted by Crippen LogP contribution is 2.40. The van der Waals surface area contributed by atoms with Crippen LogP contribution in [0, 0.1) is 12.3 Å². The van der Waals surface area contributed by atoms with Crippen molar-refractivity contribution in [3.8, 4) is 5.75 Å². The molecule has 0 saturated heterocycles. The van der Waals surface area contributed by atoms with Crippen LogP contribution in [-0.2, 0) is 29.6 Å². The molecule has 17 heteroatoms. The van der Waals surface area contributed by atoms with E-state index in [1.54, 1.807) is 0 Å². The van der Waals surface area contributed by atoms with E-state index in [1.165, 1.54) is 25.1 Å². The lowest BCUT2D eigenvalue weighted by Gasteiger charge is -2.35. The fraction of sp³-hybridized carbons (Fsp3) is 0.542. The van der Waals surface area contributed by atoms with Gasteiger partial charge in [-0.3, -0.25) is 19.1 Å². The van der Waals surface area contributed by atoms with Crippen LogP contribution in [0.25, 0.3) is 0 Å². The highest BCUT2D eigenvalue weighted by molar-refractivity contribution is 7.93. The Labute approximate surface area is 236 Å². The molecule has 0 radical (unpaired) electrons. The van der Waals surface area contributed by atoms with Crippen molar-refractivity contribution in [2.75, 3.05) is 22.8 Å². The Kier molecular flexibility index (Phi) is 8.23. The molecular weight excluding hydrogens is 588 g/mol. The Morgan fingerprint density at radius 1 is 1.20 bits per heavy atom. The Balaban J connectivity index is 1.64. The molecule has 0 unspecified atom stereocenters. The number of aromatic nitrogens is 2. The normalized spacial score (nSPS) is 17.5. The van der Waals surface area contributed by atoms with Crippen LogP contribution in [0.2, 0.25) is 0 Å². The lowest BCUT2D eigenvalue weighted by molar-refractivity contribution is -0.120. The highest BCUT2D eigenvalue weighted by atomic mass is 32.2. The molecule has 2 N–H and O–H groups in total. The van der Waals surface area contributed by atoms with Gasteiger partial charge < -0.3 is 9.47 Å². The molecule has 13 nitrogen and oxygen atoms in total. The molecule has 1 saturated carbocycles. The summed E-state index contributed by atoms with van der Waals surface area (Å²) in [6.07, 6.45) is -0.854. The number of rotatable bonds is 9. The molecule has 2 amide bonds. The van der Waals surface area contributed by atoms with Crippen LogP contribution in [0.3, 0.4) is 0 Å². The number of alkyl halides is 2. The van der Waals surface area contributed by atoms with E-state index in [0.717, 1.165) is 4.31 Å². The third kappa shape index (κ3) is 7.25. The van der Waals surface area contributed by atoms with Crippen molar-refractivity contribution in [1.82, 2.24) is 14.5 Å². The number of aryl methyl sites for hydroxylation is 1. The Morgan fingerprint density at radius 2 is 1.88 bits per heavy atom. The molecule has 2 heterocycles. The fourth-order valence-corrected chi connectivity index (χ4v) is 6.95. The molecule has 1 fully saturated rings. The molecule has 0 bridgehead atoms. The van der Waals surface area contributed by atoms with Crippen molar-refractivity contribution in [2.24, 2.45) is 5.41 Å². The number of anilines is 2. The van der Waals surface area contributed by atoms with Crippen molar-refractivity contribution in [3.05, 3.63) is 30.1 Å². The molecule has 0 spiro atoms. The maximum Gasteiger partial charge on any atom is 0.411 e. The van der Waals surface area contributed by atoms with E-state index in [2.05, 4.69) is 10.4 Å². The van der Waals surface area contributed by atoms with Gasteiger partial charge in [0.1, 0.15) is 16.7 Å². The standard InChI is InChI=1S/C24H31F2N5O8S2/c1-14-20(12-30(28-14)22(25)26)41(36,37)31-11-16(10-21(32)29-40(34,35)17-6-7-17)39-19-8-5-15(9-18(19)31)27-23(33)38-13-24(2,3)4/h5,8-9,12,16-17,22H,6-7,10-11,13H2,1-4H3,(H,27,33)(H,29,32)/t16-/m0/s1. The number of amides is 2. The molecule has 2 aromatic rings. The number of carbonyl (C=O) groups is 2. The molecule has 1 aromatic heterocycles. The molecule has 1 aliphatic carbocycles. The molecule has 4 rings (SSSR count). The van der Waals surface area contributed by atoms with E-state index in [-0.39, 0.29) is 39.5 Å². The SMILES string of the molecule is Cc1nn(C(F)F)cc1S(=O)(=O)N1C[C@H](CC(=O)NS(=O)(=O)C2CC2)Oc2ccc(NC(=O)OCC(C)(C)C)cc21. The number of nitrogens with one attached hydrogen (secondary N) is 2. The van der Waals surface area contributed by atoms with E-state index in [4.69, 9.17) is 9.47 Å². The molecule has 226 valence electrons. The summed E-state index contributed by atoms with van der Waals surface area (Å²) in [5, 5.41) is 5.44. The zero-order valence-electron chi connectivity index (χ0n) is 22.8. The summed E-state index contributed by atoms with van der Waals surface area (Å²) in [6.45, 7) is 3.42. The van der Waals surface area contributed by atoms with Gasteiger partial charge in [-0.15, -0.1) is 0 Å². The summed E-state index contributed by atoms with van der Waals surface area (Å²) in [7, 11) is -8.40. The zero-order valence-corrected chi connectivity index (χ0v) is 24.4. The van der Waals surface area contributed by atoms with Gasteiger partial charge in [0.05, 0.1) is 42.4 Å². The van der Waals surface area contributed by atoms with Crippen molar-refractivity contribution in [2.45, 2.75) is 69.8 Å². The minimum absolute atomic E-state index is 0.00446. The maximum atomic E-state index is 13.8. The summed E-state index contributed by atoms with van der Waals surface area (Å²) >= 11 is 0. The van der Waals surface area contributed by atoms with Crippen molar-refractivity contribution >= 4 is 43.4 Å². The topological polar surface area (TPSA) is 166 Å².